The highest BCUT2D eigenvalue weighted by atomic mass is 16.7. The molecule has 1 aliphatic heterocycles. The highest BCUT2D eigenvalue weighted by molar-refractivity contribution is 6.62. The van der Waals surface area contributed by atoms with Gasteiger partial charge in [0.2, 0.25) is 0 Å². The van der Waals surface area contributed by atoms with Crippen molar-refractivity contribution in [3.05, 3.63) is 34.2 Å². The lowest BCUT2D eigenvalue weighted by molar-refractivity contribution is 0.00578. The summed E-state index contributed by atoms with van der Waals surface area (Å²) >= 11 is 0. The van der Waals surface area contributed by atoms with Gasteiger partial charge in [0, 0.05) is 16.2 Å². The highest BCUT2D eigenvalue weighted by Gasteiger charge is 2.51. The molecule has 0 atom stereocenters. The van der Waals surface area contributed by atoms with Crippen LogP contribution in [0.1, 0.15) is 38.1 Å². The third-order valence-electron chi connectivity index (χ3n) is 3.86. The fourth-order valence-electron chi connectivity index (χ4n) is 1.93. The van der Waals surface area contributed by atoms with E-state index < -0.39 is 18.3 Å². The molecule has 1 heterocycles. The van der Waals surface area contributed by atoms with E-state index in [4.69, 9.17) is 14.8 Å². The zero-order chi connectivity index (χ0) is 15.0. The molecule has 1 aromatic carbocycles. The minimum atomic E-state index is -0.543. The van der Waals surface area contributed by atoms with Gasteiger partial charge in [0.1, 0.15) is 6.29 Å². The van der Waals surface area contributed by atoms with Crippen molar-refractivity contribution in [2.75, 3.05) is 0 Å². The van der Waals surface area contributed by atoms with Gasteiger partial charge in [0.15, 0.2) is 0 Å². The van der Waals surface area contributed by atoms with Crippen LogP contribution in [0.5, 0.6) is 0 Å². The van der Waals surface area contributed by atoms with Crippen LogP contribution in [0.2, 0.25) is 0 Å². The standard InChI is InChI=1S/C13H16BN3O3/c1-12(2)13(3,4)20-14(19-12)10-5-6-11(16-17-15)9(7-10)8-18/h5-8H,1-4H3. The van der Waals surface area contributed by atoms with Crippen molar-refractivity contribution in [2.45, 2.75) is 38.9 Å². The normalized spacial score (nSPS) is 19.5. The minimum Gasteiger partial charge on any atom is -0.399 e. The molecule has 0 bridgehead atoms. The third-order valence-corrected chi connectivity index (χ3v) is 3.86. The van der Waals surface area contributed by atoms with Gasteiger partial charge in [-0.15, -0.1) is 0 Å². The Morgan fingerprint density at radius 2 is 1.85 bits per heavy atom. The molecule has 104 valence electrons. The zero-order valence-corrected chi connectivity index (χ0v) is 12.0. The second kappa shape index (κ2) is 4.94. The Balaban J connectivity index is 2.36. The van der Waals surface area contributed by atoms with E-state index in [0.717, 1.165) is 5.46 Å². The summed E-state index contributed by atoms with van der Waals surface area (Å²) in [6, 6.07) is 4.95. The Kier molecular flexibility index (Phi) is 3.60. The van der Waals surface area contributed by atoms with E-state index in [9.17, 15) is 4.79 Å². The topological polar surface area (TPSA) is 84.3 Å². The number of nitrogens with zero attached hydrogens (tertiary/aromatic N) is 3. The monoisotopic (exact) mass is 273 g/mol. The predicted octanol–water partition coefficient (Wildman–Crippen LogP) is 2.74. The number of rotatable bonds is 3. The summed E-state index contributed by atoms with van der Waals surface area (Å²) in [5.41, 5.74) is 8.90. The minimum absolute atomic E-state index is 0.294. The van der Waals surface area contributed by atoms with Crippen LogP contribution in [0.25, 0.3) is 10.4 Å². The molecule has 1 fully saturated rings. The molecular weight excluding hydrogens is 257 g/mol. The molecule has 1 saturated heterocycles. The summed E-state index contributed by atoms with van der Waals surface area (Å²) in [4.78, 5) is 13.8. The van der Waals surface area contributed by atoms with E-state index >= 15 is 0 Å². The molecule has 0 aliphatic carbocycles. The highest BCUT2D eigenvalue weighted by Crippen LogP contribution is 2.36. The van der Waals surface area contributed by atoms with Crippen molar-refractivity contribution < 1.29 is 14.1 Å². The molecule has 20 heavy (non-hydrogen) atoms. The maximum absolute atomic E-state index is 11.1. The van der Waals surface area contributed by atoms with E-state index in [1.165, 1.54) is 0 Å². The number of hydrogen-bond donors (Lipinski definition) is 0. The van der Waals surface area contributed by atoms with Crippen molar-refractivity contribution in [3.63, 3.8) is 0 Å². The van der Waals surface area contributed by atoms with Crippen LogP contribution >= 0.6 is 0 Å². The van der Waals surface area contributed by atoms with Gasteiger partial charge in [-0.2, -0.15) is 0 Å². The molecular formula is C13H16BN3O3. The first-order valence-corrected chi connectivity index (χ1v) is 6.30. The molecule has 6 nitrogen and oxygen atoms in total. The van der Waals surface area contributed by atoms with Crippen LogP contribution in [0.3, 0.4) is 0 Å². The van der Waals surface area contributed by atoms with Crippen LogP contribution in [0.4, 0.5) is 5.69 Å². The first-order valence-electron chi connectivity index (χ1n) is 6.30. The molecule has 0 N–H and O–H groups in total. The van der Waals surface area contributed by atoms with Gasteiger partial charge in [-0.1, -0.05) is 23.3 Å². The fourth-order valence-corrected chi connectivity index (χ4v) is 1.93. The first-order chi connectivity index (χ1) is 9.30. The van der Waals surface area contributed by atoms with E-state index in [2.05, 4.69) is 10.0 Å². The van der Waals surface area contributed by atoms with Crippen LogP contribution in [0, 0.1) is 0 Å². The lowest BCUT2D eigenvalue weighted by Crippen LogP contribution is -2.41. The van der Waals surface area contributed by atoms with Crippen molar-refractivity contribution in [1.29, 1.82) is 0 Å². The lowest BCUT2D eigenvalue weighted by atomic mass is 9.78. The van der Waals surface area contributed by atoms with E-state index in [1.54, 1.807) is 18.2 Å². The molecule has 0 saturated carbocycles. The van der Waals surface area contributed by atoms with Crippen LogP contribution < -0.4 is 5.46 Å². The second-order valence-electron chi connectivity index (χ2n) is 5.71. The fraction of sp³-hybridized carbons (Fsp3) is 0.462. The summed E-state index contributed by atoms with van der Waals surface area (Å²) in [6.45, 7) is 7.84. The summed E-state index contributed by atoms with van der Waals surface area (Å²) in [6.07, 6.45) is 0.652. The number of carbonyl (C=O) groups excluding carboxylic acids is 1. The molecule has 0 amide bonds. The Morgan fingerprint density at radius 3 is 2.35 bits per heavy atom. The first kappa shape index (κ1) is 14.6. The summed E-state index contributed by atoms with van der Waals surface area (Å²) in [5, 5.41) is 3.47. The molecule has 0 radical (unpaired) electrons. The molecule has 2 rings (SSSR count). The molecule has 0 aromatic heterocycles. The maximum Gasteiger partial charge on any atom is 0.494 e. The largest absolute Gasteiger partial charge is 0.494 e. The van der Waals surface area contributed by atoms with Gasteiger partial charge in [-0.25, -0.2) is 0 Å². The number of aldehydes is 1. The number of azide groups is 1. The average Bonchev–Trinajstić information content (AvgIpc) is 2.59. The SMILES string of the molecule is CC1(C)OB(c2ccc(N=[N+]=[N-])c(C=O)c2)OC1(C)C. The van der Waals surface area contributed by atoms with E-state index in [-0.39, 0.29) is 0 Å². The van der Waals surface area contributed by atoms with Crippen molar-refractivity contribution in [3.8, 4) is 0 Å². The summed E-state index contributed by atoms with van der Waals surface area (Å²) in [7, 11) is -0.543. The van der Waals surface area contributed by atoms with Gasteiger partial charge in [-0.05, 0) is 38.7 Å². The van der Waals surface area contributed by atoms with Gasteiger partial charge in [0.25, 0.3) is 0 Å². The Bertz CT molecular complexity index is 579. The van der Waals surface area contributed by atoms with Gasteiger partial charge < -0.3 is 9.31 Å². The third kappa shape index (κ3) is 2.43. The maximum atomic E-state index is 11.1. The Hall–Kier alpha value is -1.82. The Labute approximate surface area is 117 Å². The van der Waals surface area contributed by atoms with Gasteiger partial charge >= 0.3 is 7.12 Å². The Morgan fingerprint density at radius 1 is 1.25 bits per heavy atom. The van der Waals surface area contributed by atoms with Crippen molar-refractivity contribution in [1.82, 2.24) is 0 Å². The number of carbonyl (C=O) groups is 1. The molecule has 1 aliphatic rings. The quantitative estimate of drug-likeness (QED) is 0.279. The predicted molar refractivity (Wildman–Crippen MR) is 76.4 cm³/mol. The summed E-state index contributed by atoms with van der Waals surface area (Å²) in [5.74, 6) is 0. The molecule has 0 spiro atoms. The number of benzene rings is 1. The second-order valence-corrected chi connectivity index (χ2v) is 5.71. The van der Waals surface area contributed by atoms with Gasteiger partial charge in [-0.3, -0.25) is 4.79 Å². The molecule has 7 heteroatoms. The number of hydrogen-bond acceptors (Lipinski definition) is 4. The van der Waals surface area contributed by atoms with Gasteiger partial charge in [0.05, 0.1) is 11.2 Å². The van der Waals surface area contributed by atoms with Crippen molar-refractivity contribution >= 4 is 24.6 Å². The van der Waals surface area contributed by atoms with Crippen LogP contribution in [-0.2, 0) is 9.31 Å². The average molecular weight is 273 g/mol. The van der Waals surface area contributed by atoms with Crippen molar-refractivity contribution in [2.24, 2.45) is 5.11 Å². The molecule has 0 unspecified atom stereocenters. The zero-order valence-electron chi connectivity index (χ0n) is 12.0. The summed E-state index contributed by atoms with van der Waals surface area (Å²) < 4.78 is 11.8. The van der Waals surface area contributed by atoms with E-state index in [1.807, 2.05) is 27.7 Å². The van der Waals surface area contributed by atoms with Crippen LogP contribution in [0.15, 0.2) is 23.3 Å². The van der Waals surface area contributed by atoms with Crippen LogP contribution in [-0.4, -0.2) is 24.6 Å². The lowest BCUT2D eigenvalue weighted by Gasteiger charge is -2.32. The smallest absolute Gasteiger partial charge is 0.399 e. The molecule has 1 aromatic rings. The van der Waals surface area contributed by atoms with E-state index in [0.29, 0.717) is 17.5 Å².